The number of unbranched alkanes of at least 4 members (excludes halogenated alkanes) is 7. The summed E-state index contributed by atoms with van der Waals surface area (Å²) in [5.74, 6) is 0. The molecule has 0 spiro atoms. The molecule has 0 aliphatic rings. The van der Waals surface area contributed by atoms with E-state index in [4.69, 9.17) is 0 Å². The molecule has 1 N–H and O–H groups in total. The first-order chi connectivity index (χ1) is 20.4. The van der Waals surface area contributed by atoms with E-state index in [1.54, 1.807) is 0 Å². The van der Waals surface area contributed by atoms with Crippen molar-refractivity contribution in [1.29, 1.82) is 0 Å². The van der Waals surface area contributed by atoms with Crippen LogP contribution in [0.1, 0.15) is 58.3 Å². The van der Waals surface area contributed by atoms with Crippen LogP contribution in [0.3, 0.4) is 0 Å². The Bertz CT molecular complexity index is 1410. The molecule has 0 aromatic heterocycles. The molecule has 0 aliphatic heterocycles. The zero-order valence-corrected chi connectivity index (χ0v) is 24.4. The van der Waals surface area contributed by atoms with Gasteiger partial charge in [0.2, 0.25) is 0 Å². The van der Waals surface area contributed by atoms with E-state index >= 15 is 0 Å². The normalized spacial score (nSPS) is 11.0. The van der Waals surface area contributed by atoms with E-state index in [1.807, 2.05) is 0 Å². The molecule has 0 bridgehead atoms. The molecule has 210 valence electrons. The molecule has 0 radical (unpaired) electrons. The van der Waals surface area contributed by atoms with E-state index in [1.165, 1.54) is 62.1 Å². The topological polar surface area (TPSA) is 18.5 Å². The summed E-state index contributed by atoms with van der Waals surface area (Å²) in [6, 6.07) is 45.3. The smallest absolute Gasteiger partial charge is 0.0946 e. The molecule has 5 aromatic rings. The van der Waals surface area contributed by atoms with Crippen LogP contribution in [0.2, 0.25) is 0 Å². The number of hydrogen-bond donors (Lipinski definition) is 1. The molecule has 5 rings (SSSR count). The van der Waals surface area contributed by atoms with Crippen molar-refractivity contribution < 1.29 is 0 Å². The Morgan fingerprint density at radius 1 is 0.463 bits per heavy atom. The van der Waals surface area contributed by atoms with E-state index < -0.39 is 0 Å². The zero-order valence-electron chi connectivity index (χ0n) is 24.4. The standard InChI is InChI=1S/C38H43N3/c1-2-3-4-5-6-7-8-20-31-39-37-30-29-32-21-18-19-28-36(32)38(37)41(35-26-16-11-17-27-35)40(33-22-12-9-13-23-33)34-24-14-10-15-25-34/h9-19,21-30,39H,2-8,20,31H2,1H3. The SMILES string of the molecule is CCCCCCCCCCNc1ccc2ccccc2c1N(c1ccccc1)N(c1ccccc1)c1ccccc1. The number of hydrazine groups is 1. The summed E-state index contributed by atoms with van der Waals surface area (Å²) in [5, 5.41) is 11.0. The van der Waals surface area contributed by atoms with E-state index in [-0.39, 0.29) is 0 Å². The van der Waals surface area contributed by atoms with Gasteiger partial charge in [0, 0.05) is 11.9 Å². The highest BCUT2D eigenvalue weighted by atomic mass is 15.6. The van der Waals surface area contributed by atoms with Crippen molar-refractivity contribution in [3.05, 3.63) is 127 Å². The molecule has 5 aromatic carbocycles. The molecule has 3 heteroatoms. The number of nitrogens with one attached hydrogen (secondary N) is 1. The second-order valence-electron chi connectivity index (χ2n) is 10.7. The molecule has 41 heavy (non-hydrogen) atoms. The molecular formula is C38H43N3. The van der Waals surface area contributed by atoms with E-state index in [2.05, 4.69) is 150 Å². The Labute approximate surface area is 246 Å². The second-order valence-corrected chi connectivity index (χ2v) is 10.7. The van der Waals surface area contributed by atoms with Crippen LogP contribution in [0.5, 0.6) is 0 Å². The minimum absolute atomic E-state index is 0.958. The Kier molecular flexibility index (Phi) is 10.3. The monoisotopic (exact) mass is 541 g/mol. The van der Waals surface area contributed by atoms with Crippen molar-refractivity contribution in [2.24, 2.45) is 0 Å². The van der Waals surface area contributed by atoms with Gasteiger partial charge < -0.3 is 5.32 Å². The summed E-state index contributed by atoms with van der Waals surface area (Å²) in [7, 11) is 0. The van der Waals surface area contributed by atoms with Crippen molar-refractivity contribution in [3.8, 4) is 0 Å². The lowest BCUT2D eigenvalue weighted by molar-refractivity contribution is 0.581. The fourth-order valence-corrected chi connectivity index (χ4v) is 5.54. The number of hydrogen-bond acceptors (Lipinski definition) is 3. The fraction of sp³-hybridized carbons (Fsp3) is 0.263. The third kappa shape index (κ3) is 7.29. The Morgan fingerprint density at radius 2 is 0.951 bits per heavy atom. The summed E-state index contributed by atoms with van der Waals surface area (Å²) in [6.45, 7) is 3.24. The van der Waals surface area contributed by atoms with Gasteiger partial charge in [0.15, 0.2) is 0 Å². The van der Waals surface area contributed by atoms with Crippen molar-refractivity contribution >= 4 is 39.2 Å². The molecule has 0 saturated carbocycles. The van der Waals surface area contributed by atoms with Gasteiger partial charge in [-0.2, -0.15) is 0 Å². The predicted octanol–water partition coefficient (Wildman–Crippen LogP) is 11.3. The van der Waals surface area contributed by atoms with Crippen LogP contribution in [0.25, 0.3) is 10.8 Å². The minimum atomic E-state index is 0.958. The molecule has 0 aliphatic carbocycles. The largest absolute Gasteiger partial charge is 0.383 e. The van der Waals surface area contributed by atoms with Crippen molar-refractivity contribution in [2.75, 3.05) is 21.9 Å². The molecule has 0 atom stereocenters. The number of rotatable bonds is 15. The lowest BCUT2D eigenvalue weighted by Crippen LogP contribution is -2.36. The molecule has 3 nitrogen and oxygen atoms in total. The molecule has 0 unspecified atom stereocenters. The van der Waals surface area contributed by atoms with Crippen LogP contribution in [0, 0.1) is 0 Å². The van der Waals surface area contributed by atoms with Crippen LogP contribution < -0.4 is 15.3 Å². The summed E-state index contributed by atoms with van der Waals surface area (Å²) in [6.07, 6.45) is 10.5. The highest BCUT2D eigenvalue weighted by Gasteiger charge is 2.25. The number of nitrogens with zero attached hydrogens (tertiary/aromatic N) is 2. The van der Waals surface area contributed by atoms with Gasteiger partial charge in [-0.05, 0) is 54.3 Å². The summed E-state index contributed by atoms with van der Waals surface area (Å²) in [4.78, 5) is 0. The Balaban J connectivity index is 1.53. The average molecular weight is 542 g/mol. The number of benzene rings is 5. The lowest BCUT2D eigenvalue weighted by atomic mass is 10.1. The van der Waals surface area contributed by atoms with Crippen LogP contribution >= 0.6 is 0 Å². The third-order valence-electron chi connectivity index (χ3n) is 7.66. The maximum atomic E-state index is 3.86. The highest BCUT2D eigenvalue weighted by Crippen LogP contribution is 2.43. The van der Waals surface area contributed by atoms with Gasteiger partial charge in [0.05, 0.1) is 28.4 Å². The average Bonchev–Trinajstić information content (AvgIpc) is 3.04. The minimum Gasteiger partial charge on any atom is -0.383 e. The number of para-hydroxylation sites is 3. The first-order valence-corrected chi connectivity index (χ1v) is 15.4. The maximum absolute atomic E-state index is 3.86. The van der Waals surface area contributed by atoms with Crippen molar-refractivity contribution in [3.63, 3.8) is 0 Å². The third-order valence-corrected chi connectivity index (χ3v) is 7.66. The summed E-state index contributed by atoms with van der Waals surface area (Å²) in [5.41, 5.74) is 5.61. The van der Waals surface area contributed by atoms with Crippen molar-refractivity contribution in [2.45, 2.75) is 58.3 Å². The summed E-state index contributed by atoms with van der Waals surface area (Å²) >= 11 is 0. The van der Waals surface area contributed by atoms with E-state index in [0.717, 1.165) is 35.0 Å². The van der Waals surface area contributed by atoms with Crippen LogP contribution in [0.4, 0.5) is 28.4 Å². The van der Waals surface area contributed by atoms with Gasteiger partial charge in [0.1, 0.15) is 0 Å². The van der Waals surface area contributed by atoms with Crippen LogP contribution in [0.15, 0.2) is 127 Å². The quantitative estimate of drug-likeness (QED) is 0.105. The van der Waals surface area contributed by atoms with Gasteiger partial charge in [-0.15, -0.1) is 0 Å². The maximum Gasteiger partial charge on any atom is 0.0946 e. The van der Waals surface area contributed by atoms with Crippen molar-refractivity contribution in [1.82, 2.24) is 0 Å². The Morgan fingerprint density at radius 3 is 1.54 bits per heavy atom. The van der Waals surface area contributed by atoms with E-state index in [0.29, 0.717) is 0 Å². The van der Waals surface area contributed by atoms with Crippen LogP contribution in [-0.4, -0.2) is 6.54 Å². The predicted molar refractivity (Wildman–Crippen MR) is 179 cm³/mol. The molecule has 0 heterocycles. The zero-order chi connectivity index (χ0) is 28.1. The molecular weight excluding hydrogens is 498 g/mol. The Hall–Kier alpha value is -4.24. The molecule has 0 amide bonds. The number of fused-ring (bicyclic) bond motifs is 1. The van der Waals surface area contributed by atoms with Crippen LogP contribution in [-0.2, 0) is 0 Å². The van der Waals surface area contributed by atoms with Gasteiger partial charge in [-0.3, -0.25) is 0 Å². The van der Waals surface area contributed by atoms with Gasteiger partial charge in [-0.25, -0.2) is 10.0 Å². The van der Waals surface area contributed by atoms with Gasteiger partial charge in [-0.1, -0.05) is 137 Å². The van der Waals surface area contributed by atoms with E-state index in [9.17, 15) is 0 Å². The molecule has 0 saturated heterocycles. The fourth-order valence-electron chi connectivity index (χ4n) is 5.54. The molecule has 0 fully saturated rings. The first-order valence-electron chi connectivity index (χ1n) is 15.4. The second kappa shape index (κ2) is 14.9. The summed E-state index contributed by atoms with van der Waals surface area (Å²) < 4.78 is 0. The first kappa shape index (κ1) is 28.3. The number of anilines is 5. The lowest BCUT2D eigenvalue weighted by Gasteiger charge is -2.40. The van der Waals surface area contributed by atoms with Gasteiger partial charge in [0.25, 0.3) is 0 Å². The van der Waals surface area contributed by atoms with Gasteiger partial charge >= 0.3 is 0 Å². The highest BCUT2D eigenvalue weighted by molar-refractivity contribution is 6.04.